The van der Waals surface area contributed by atoms with Gasteiger partial charge in [-0.25, -0.2) is 23.1 Å². The molecule has 21 heavy (non-hydrogen) atoms. The summed E-state index contributed by atoms with van der Waals surface area (Å²) >= 11 is 0. The van der Waals surface area contributed by atoms with Crippen LogP contribution in [0.3, 0.4) is 0 Å². The molecule has 6 nitrogen and oxygen atoms in total. The van der Waals surface area contributed by atoms with Gasteiger partial charge in [0.05, 0.1) is 12.2 Å². The second-order valence-corrected chi connectivity index (χ2v) is 5.89. The lowest BCUT2D eigenvalue weighted by Gasteiger charge is -2.12. The molecule has 0 bridgehead atoms. The predicted octanol–water partition coefficient (Wildman–Crippen LogP) is 1.55. The zero-order valence-corrected chi connectivity index (χ0v) is 12.2. The first-order chi connectivity index (χ1) is 10.1. The molecule has 0 amide bonds. The van der Waals surface area contributed by atoms with Crippen LogP contribution in [-0.4, -0.2) is 24.9 Å². The summed E-state index contributed by atoms with van der Waals surface area (Å²) in [6.07, 6.45) is 4.77. The summed E-state index contributed by atoms with van der Waals surface area (Å²) < 4.78 is 26.8. The number of nitrogens with one attached hydrogen (secondary N) is 2. The standard InChI is InChI=1S/C14H16N4O2S/c1-2-8-18-21(19,20)13-7-4-3-6-12(13)17-11-14-15-9-5-10-16-14/h2-7,9-10,17-18H,1,8,11H2. The zero-order chi connectivity index (χ0) is 15.1. The fraction of sp³-hybridized carbons (Fsp3) is 0.143. The molecule has 110 valence electrons. The molecule has 0 atom stereocenters. The van der Waals surface area contributed by atoms with Gasteiger partial charge in [0, 0.05) is 18.9 Å². The highest BCUT2D eigenvalue weighted by atomic mass is 32.2. The third kappa shape index (κ3) is 4.11. The lowest BCUT2D eigenvalue weighted by atomic mass is 10.3. The molecule has 7 heteroatoms. The molecule has 0 radical (unpaired) electrons. The Hall–Kier alpha value is -2.25. The van der Waals surface area contributed by atoms with Gasteiger partial charge in [-0.05, 0) is 18.2 Å². The molecule has 2 aromatic rings. The summed E-state index contributed by atoms with van der Waals surface area (Å²) in [5.74, 6) is 0.587. The highest BCUT2D eigenvalue weighted by Crippen LogP contribution is 2.20. The van der Waals surface area contributed by atoms with Crippen molar-refractivity contribution in [1.82, 2.24) is 14.7 Å². The van der Waals surface area contributed by atoms with Crippen molar-refractivity contribution < 1.29 is 8.42 Å². The summed E-state index contributed by atoms with van der Waals surface area (Å²) in [6.45, 7) is 4.02. The number of para-hydroxylation sites is 1. The summed E-state index contributed by atoms with van der Waals surface area (Å²) in [6, 6.07) is 8.40. The van der Waals surface area contributed by atoms with Crippen LogP contribution in [0.1, 0.15) is 5.82 Å². The van der Waals surface area contributed by atoms with Crippen LogP contribution in [0.4, 0.5) is 5.69 Å². The number of aromatic nitrogens is 2. The monoisotopic (exact) mass is 304 g/mol. The largest absolute Gasteiger partial charge is 0.377 e. The zero-order valence-electron chi connectivity index (χ0n) is 11.4. The molecular weight excluding hydrogens is 288 g/mol. The molecule has 0 unspecified atom stereocenters. The van der Waals surface area contributed by atoms with E-state index in [-0.39, 0.29) is 11.4 Å². The predicted molar refractivity (Wildman–Crippen MR) is 81.2 cm³/mol. The van der Waals surface area contributed by atoms with E-state index in [4.69, 9.17) is 0 Å². The number of anilines is 1. The molecule has 0 saturated carbocycles. The quantitative estimate of drug-likeness (QED) is 0.758. The Bertz CT molecular complexity index is 702. The summed E-state index contributed by atoms with van der Waals surface area (Å²) in [7, 11) is -3.58. The highest BCUT2D eigenvalue weighted by molar-refractivity contribution is 7.89. The molecule has 2 rings (SSSR count). The number of hydrogen-bond donors (Lipinski definition) is 2. The summed E-state index contributed by atoms with van der Waals surface area (Å²) in [4.78, 5) is 8.35. The molecule has 2 N–H and O–H groups in total. The topological polar surface area (TPSA) is 84.0 Å². The first kappa shape index (κ1) is 15.1. The van der Waals surface area contributed by atoms with Crippen molar-refractivity contribution in [1.29, 1.82) is 0 Å². The van der Waals surface area contributed by atoms with Gasteiger partial charge in [0.2, 0.25) is 10.0 Å². The van der Waals surface area contributed by atoms with Crippen molar-refractivity contribution in [2.75, 3.05) is 11.9 Å². The lowest BCUT2D eigenvalue weighted by Crippen LogP contribution is -2.24. The van der Waals surface area contributed by atoms with Crippen molar-refractivity contribution in [3.05, 3.63) is 61.2 Å². The van der Waals surface area contributed by atoms with E-state index in [2.05, 4.69) is 26.6 Å². The summed E-state index contributed by atoms with van der Waals surface area (Å²) in [5, 5.41) is 3.04. The maximum absolute atomic E-state index is 12.2. The van der Waals surface area contributed by atoms with E-state index in [1.54, 1.807) is 42.7 Å². The van der Waals surface area contributed by atoms with Crippen LogP contribution < -0.4 is 10.0 Å². The van der Waals surface area contributed by atoms with Gasteiger partial charge in [-0.3, -0.25) is 0 Å². The lowest BCUT2D eigenvalue weighted by molar-refractivity contribution is 0.586. The van der Waals surface area contributed by atoms with Gasteiger partial charge in [-0.15, -0.1) is 6.58 Å². The van der Waals surface area contributed by atoms with Gasteiger partial charge < -0.3 is 5.32 Å². The Labute approximate surface area is 124 Å². The second-order valence-electron chi connectivity index (χ2n) is 4.16. The highest BCUT2D eigenvalue weighted by Gasteiger charge is 2.17. The molecule has 0 aliphatic rings. The van der Waals surface area contributed by atoms with Crippen molar-refractivity contribution in [3.63, 3.8) is 0 Å². The first-order valence-electron chi connectivity index (χ1n) is 6.33. The number of sulfonamides is 1. The molecule has 0 aliphatic heterocycles. The fourth-order valence-electron chi connectivity index (χ4n) is 1.69. The fourth-order valence-corrected chi connectivity index (χ4v) is 2.87. The van der Waals surface area contributed by atoms with E-state index in [0.717, 1.165) is 0 Å². The van der Waals surface area contributed by atoms with E-state index in [0.29, 0.717) is 18.1 Å². The Morgan fingerprint density at radius 2 is 1.86 bits per heavy atom. The van der Waals surface area contributed by atoms with Gasteiger partial charge in [0.15, 0.2) is 0 Å². The van der Waals surface area contributed by atoms with Crippen LogP contribution in [0.25, 0.3) is 0 Å². The minimum absolute atomic E-state index is 0.179. The Morgan fingerprint density at radius 3 is 2.57 bits per heavy atom. The van der Waals surface area contributed by atoms with E-state index >= 15 is 0 Å². The Balaban J connectivity index is 2.19. The third-order valence-corrected chi connectivity index (χ3v) is 4.13. The first-order valence-corrected chi connectivity index (χ1v) is 7.81. The van der Waals surface area contributed by atoms with Crippen LogP contribution in [0.15, 0.2) is 60.3 Å². The van der Waals surface area contributed by atoms with Gasteiger partial charge >= 0.3 is 0 Å². The number of benzene rings is 1. The SMILES string of the molecule is C=CCNS(=O)(=O)c1ccccc1NCc1ncccn1. The minimum atomic E-state index is -3.58. The maximum Gasteiger partial charge on any atom is 0.242 e. The molecule has 0 spiro atoms. The second kappa shape index (κ2) is 6.96. The Kier molecular flexibility index (Phi) is 5.02. The molecule has 0 fully saturated rings. The molecule has 1 aromatic carbocycles. The van der Waals surface area contributed by atoms with Crippen LogP contribution in [0.2, 0.25) is 0 Å². The normalized spacial score (nSPS) is 11.0. The van der Waals surface area contributed by atoms with Gasteiger partial charge in [0.25, 0.3) is 0 Å². The van der Waals surface area contributed by atoms with Crippen LogP contribution in [0, 0.1) is 0 Å². The van der Waals surface area contributed by atoms with Crippen molar-refractivity contribution in [2.45, 2.75) is 11.4 Å². The van der Waals surface area contributed by atoms with Gasteiger partial charge in [0.1, 0.15) is 10.7 Å². The molecule has 0 aliphatic carbocycles. The Morgan fingerprint density at radius 1 is 1.14 bits per heavy atom. The molecule has 0 saturated heterocycles. The van der Waals surface area contributed by atoms with Gasteiger partial charge in [-0.1, -0.05) is 18.2 Å². The van der Waals surface area contributed by atoms with E-state index in [1.807, 2.05) is 0 Å². The van der Waals surface area contributed by atoms with E-state index in [9.17, 15) is 8.42 Å². The summed E-state index contributed by atoms with van der Waals surface area (Å²) in [5.41, 5.74) is 0.501. The van der Waals surface area contributed by atoms with Crippen LogP contribution in [-0.2, 0) is 16.6 Å². The smallest absolute Gasteiger partial charge is 0.242 e. The average Bonchev–Trinajstić information content (AvgIpc) is 2.52. The van der Waals surface area contributed by atoms with E-state index < -0.39 is 10.0 Å². The average molecular weight is 304 g/mol. The maximum atomic E-state index is 12.2. The van der Waals surface area contributed by atoms with Crippen molar-refractivity contribution >= 4 is 15.7 Å². The number of nitrogens with zero attached hydrogens (tertiary/aromatic N) is 2. The van der Waals surface area contributed by atoms with Crippen LogP contribution in [0.5, 0.6) is 0 Å². The van der Waals surface area contributed by atoms with E-state index in [1.165, 1.54) is 6.08 Å². The number of hydrogen-bond acceptors (Lipinski definition) is 5. The van der Waals surface area contributed by atoms with Crippen LogP contribution >= 0.6 is 0 Å². The third-order valence-electron chi connectivity index (χ3n) is 2.65. The molecular formula is C14H16N4O2S. The molecule has 1 aromatic heterocycles. The minimum Gasteiger partial charge on any atom is -0.377 e. The van der Waals surface area contributed by atoms with Crippen molar-refractivity contribution in [2.24, 2.45) is 0 Å². The number of rotatable bonds is 7. The molecule has 1 heterocycles. The van der Waals surface area contributed by atoms with Crippen molar-refractivity contribution in [3.8, 4) is 0 Å². The van der Waals surface area contributed by atoms with Gasteiger partial charge in [-0.2, -0.15) is 0 Å².